The molecule has 0 N–H and O–H groups in total. The lowest BCUT2D eigenvalue weighted by molar-refractivity contribution is 0.617. The highest BCUT2D eigenvalue weighted by Crippen LogP contribution is 2.32. The number of anilines is 2. The van der Waals surface area contributed by atoms with Crippen LogP contribution in [0.25, 0.3) is 0 Å². The zero-order valence-corrected chi connectivity index (χ0v) is 9.31. The SMILES string of the molecule is Fc1ccncc1N1CCCc2cccnc21. The van der Waals surface area contributed by atoms with Crippen LogP contribution in [-0.2, 0) is 6.42 Å². The van der Waals surface area contributed by atoms with Gasteiger partial charge in [-0.2, -0.15) is 0 Å². The highest BCUT2D eigenvalue weighted by atomic mass is 19.1. The maximum absolute atomic E-state index is 13.8. The topological polar surface area (TPSA) is 29.0 Å². The van der Waals surface area contributed by atoms with Crippen molar-refractivity contribution in [1.82, 2.24) is 9.97 Å². The largest absolute Gasteiger partial charge is 0.322 e. The van der Waals surface area contributed by atoms with E-state index in [1.807, 2.05) is 17.0 Å². The van der Waals surface area contributed by atoms with Crippen LogP contribution in [0.1, 0.15) is 12.0 Å². The molecule has 3 rings (SSSR count). The van der Waals surface area contributed by atoms with Crippen LogP contribution in [0.5, 0.6) is 0 Å². The molecule has 0 bridgehead atoms. The van der Waals surface area contributed by atoms with Crippen molar-refractivity contribution in [3.05, 3.63) is 48.2 Å². The summed E-state index contributed by atoms with van der Waals surface area (Å²) in [5, 5.41) is 0. The van der Waals surface area contributed by atoms with E-state index in [-0.39, 0.29) is 5.82 Å². The molecule has 0 fully saturated rings. The van der Waals surface area contributed by atoms with Crippen molar-refractivity contribution in [2.24, 2.45) is 0 Å². The van der Waals surface area contributed by atoms with Gasteiger partial charge < -0.3 is 4.90 Å². The minimum Gasteiger partial charge on any atom is -0.322 e. The minimum atomic E-state index is -0.251. The number of hydrogen-bond acceptors (Lipinski definition) is 3. The van der Waals surface area contributed by atoms with E-state index in [0.29, 0.717) is 5.69 Å². The predicted octanol–water partition coefficient (Wildman–Crippen LogP) is 2.70. The van der Waals surface area contributed by atoms with Crippen LogP contribution < -0.4 is 4.90 Å². The molecule has 4 heteroatoms. The summed E-state index contributed by atoms with van der Waals surface area (Å²) in [6.07, 6.45) is 6.77. The Bertz CT molecular complexity index is 542. The quantitative estimate of drug-likeness (QED) is 0.752. The fourth-order valence-corrected chi connectivity index (χ4v) is 2.20. The molecule has 1 aliphatic heterocycles. The second kappa shape index (κ2) is 4.13. The Labute approximate surface area is 98.9 Å². The Morgan fingerprint density at radius 2 is 2.18 bits per heavy atom. The first-order chi connectivity index (χ1) is 8.36. The number of halogens is 1. The fourth-order valence-electron chi connectivity index (χ4n) is 2.20. The first-order valence-corrected chi connectivity index (χ1v) is 5.67. The summed E-state index contributed by atoms with van der Waals surface area (Å²) in [5.74, 6) is 0.601. The van der Waals surface area contributed by atoms with Crippen LogP contribution >= 0.6 is 0 Å². The van der Waals surface area contributed by atoms with E-state index in [9.17, 15) is 4.39 Å². The summed E-state index contributed by atoms with van der Waals surface area (Å²) in [6.45, 7) is 0.784. The maximum atomic E-state index is 13.8. The molecule has 0 aromatic carbocycles. The van der Waals surface area contributed by atoms with Crippen LogP contribution in [0.4, 0.5) is 15.9 Å². The van der Waals surface area contributed by atoms with Crippen LogP contribution in [0.2, 0.25) is 0 Å². The van der Waals surface area contributed by atoms with Gasteiger partial charge in [-0.25, -0.2) is 9.37 Å². The molecule has 3 heterocycles. The van der Waals surface area contributed by atoms with Crippen molar-refractivity contribution >= 4 is 11.5 Å². The normalized spacial score (nSPS) is 14.5. The lowest BCUT2D eigenvalue weighted by Crippen LogP contribution is -2.26. The lowest BCUT2D eigenvalue weighted by Gasteiger charge is -2.29. The van der Waals surface area contributed by atoms with Gasteiger partial charge in [0.15, 0.2) is 0 Å². The van der Waals surface area contributed by atoms with E-state index < -0.39 is 0 Å². The van der Waals surface area contributed by atoms with Crippen molar-refractivity contribution in [2.75, 3.05) is 11.4 Å². The van der Waals surface area contributed by atoms with E-state index in [1.54, 1.807) is 12.4 Å². The van der Waals surface area contributed by atoms with E-state index >= 15 is 0 Å². The second-order valence-corrected chi connectivity index (χ2v) is 4.07. The van der Waals surface area contributed by atoms with Gasteiger partial charge in [0.25, 0.3) is 0 Å². The number of nitrogens with zero attached hydrogens (tertiary/aromatic N) is 3. The Morgan fingerprint density at radius 1 is 1.24 bits per heavy atom. The van der Waals surface area contributed by atoms with Crippen molar-refractivity contribution in [1.29, 1.82) is 0 Å². The highest BCUT2D eigenvalue weighted by Gasteiger charge is 2.21. The number of pyridine rings is 2. The van der Waals surface area contributed by atoms with Crippen LogP contribution in [-0.4, -0.2) is 16.5 Å². The number of fused-ring (bicyclic) bond motifs is 1. The molecule has 0 spiro atoms. The molecule has 86 valence electrons. The minimum absolute atomic E-state index is 0.251. The average molecular weight is 229 g/mol. The van der Waals surface area contributed by atoms with Crippen molar-refractivity contribution in [3.8, 4) is 0 Å². The van der Waals surface area contributed by atoms with Gasteiger partial charge in [0, 0.05) is 18.9 Å². The number of hydrogen-bond donors (Lipinski definition) is 0. The van der Waals surface area contributed by atoms with Crippen LogP contribution in [0.3, 0.4) is 0 Å². The molecule has 0 amide bonds. The van der Waals surface area contributed by atoms with E-state index in [4.69, 9.17) is 0 Å². The third-order valence-corrected chi connectivity index (χ3v) is 2.99. The molecule has 1 aliphatic rings. The van der Waals surface area contributed by atoms with Gasteiger partial charge in [-0.3, -0.25) is 4.98 Å². The molecule has 0 atom stereocenters. The second-order valence-electron chi connectivity index (χ2n) is 4.07. The molecule has 0 aliphatic carbocycles. The fraction of sp³-hybridized carbons (Fsp3) is 0.231. The van der Waals surface area contributed by atoms with Gasteiger partial charge in [0.1, 0.15) is 11.6 Å². The van der Waals surface area contributed by atoms with Crippen molar-refractivity contribution in [3.63, 3.8) is 0 Å². The number of aryl methyl sites for hydroxylation is 1. The number of aromatic nitrogens is 2. The molecular formula is C13H12FN3. The highest BCUT2D eigenvalue weighted by molar-refractivity contribution is 5.63. The molecular weight excluding hydrogens is 217 g/mol. The van der Waals surface area contributed by atoms with E-state index in [1.165, 1.54) is 17.8 Å². The summed E-state index contributed by atoms with van der Waals surface area (Å²) in [4.78, 5) is 10.2. The molecule has 0 saturated carbocycles. The van der Waals surface area contributed by atoms with Crippen LogP contribution in [0, 0.1) is 5.82 Å². The van der Waals surface area contributed by atoms with Gasteiger partial charge in [0.2, 0.25) is 0 Å². The Kier molecular flexibility index (Phi) is 2.48. The Balaban J connectivity index is 2.09. The van der Waals surface area contributed by atoms with Gasteiger partial charge in [0.05, 0.1) is 11.9 Å². The van der Waals surface area contributed by atoms with Crippen LogP contribution in [0.15, 0.2) is 36.8 Å². The lowest BCUT2D eigenvalue weighted by atomic mass is 10.1. The number of rotatable bonds is 1. The van der Waals surface area contributed by atoms with Gasteiger partial charge in [-0.1, -0.05) is 6.07 Å². The first kappa shape index (κ1) is 10.2. The average Bonchev–Trinajstić information content (AvgIpc) is 2.39. The Morgan fingerprint density at radius 3 is 3.06 bits per heavy atom. The van der Waals surface area contributed by atoms with Gasteiger partial charge >= 0.3 is 0 Å². The van der Waals surface area contributed by atoms with Gasteiger partial charge in [-0.05, 0) is 30.5 Å². The molecule has 0 saturated heterocycles. The summed E-state index contributed by atoms with van der Waals surface area (Å²) in [7, 11) is 0. The maximum Gasteiger partial charge on any atom is 0.150 e. The molecule has 3 nitrogen and oxygen atoms in total. The molecule has 0 radical (unpaired) electrons. The summed E-state index contributed by atoms with van der Waals surface area (Å²) < 4.78 is 13.8. The predicted molar refractivity (Wildman–Crippen MR) is 63.8 cm³/mol. The van der Waals surface area contributed by atoms with E-state index in [0.717, 1.165) is 25.2 Å². The summed E-state index contributed by atoms with van der Waals surface area (Å²) in [5.41, 5.74) is 1.68. The summed E-state index contributed by atoms with van der Waals surface area (Å²) >= 11 is 0. The zero-order chi connectivity index (χ0) is 11.7. The standard InChI is InChI=1S/C13H12FN3/c14-11-5-7-15-9-12(11)17-8-2-4-10-3-1-6-16-13(10)17/h1,3,5-7,9H,2,4,8H2. The van der Waals surface area contributed by atoms with Crippen molar-refractivity contribution in [2.45, 2.75) is 12.8 Å². The Hall–Kier alpha value is -1.97. The molecule has 0 unspecified atom stereocenters. The first-order valence-electron chi connectivity index (χ1n) is 5.67. The third-order valence-electron chi connectivity index (χ3n) is 2.99. The van der Waals surface area contributed by atoms with E-state index in [2.05, 4.69) is 9.97 Å². The van der Waals surface area contributed by atoms with Gasteiger partial charge in [-0.15, -0.1) is 0 Å². The molecule has 2 aromatic rings. The summed E-state index contributed by atoms with van der Waals surface area (Å²) in [6, 6.07) is 5.34. The third kappa shape index (κ3) is 1.75. The zero-order valence-electron chi connectivity index (χ0n) is 9.31. The monoisotopic (exact) mass is 229 g/mol. The molecule has 2 aromatic heterocycles. The smallest absolute Gasteiger partial charge is 0.150 e. The van der Waals surface area contributed by atoms with Crippen molar-refractivity contribution < 1.29 is 4.39 Å². The molecule has 17 heavy (non-hydrogen) atoms.